The Kier molecular flexibility index (Phi) is 9.70. The number of nitrogens with zero attached hydrogens (tertiary/aromatic N) is 3. The van der Waals surface area contributed by atoms with Crippen molar-refractivity contribution in [1.82, 2.24) is 4.90 Å². The van der Waals surface area contributed by atoms with Gasteiger partial charge in [-0.15, -0.1) is 6.58 Å². The molecule has 3 amide bonds. The Hall–Kier alpha value is -4.45. The molecule has 2 fully saturated rings. The van der Waals surface area contributed by atoms with E-state index in [1.807, 2.05) is 60.7 Å². The molecule has 1 spiro atoms. The van der Waals surface area contributed by atoms with Gasteiger partial charge in [0, 0.05) is 36.8 Å². The van der Waals surface area contributed by atoms with Crippen LogP contribution in [0, 0.1) is 5.92 Å². The molecule has 3 aliphatic rings. The second kappa shape index (κ2) is 13.8. The minimum Gasteiger partial charge on any atom is -0.497 e. The summed E-state index contributed by atoms with van der Waals surface area (Å²) in [7, 11) is -0.877. The molecule has 3 aromatic rings. The second-order valence-corrected chi connectivity index (χ2v) is 18.2. The summed E-state index contributed by atoms with van der Waals surface area (Å²) in [6.07, 6.45) is 0.692. The van der Waals surface area contributed by atoms with E-state index in [0.717, 1.165) is 16.5 Å². The molecule has 1 N–H and O–H groups in total. The van der Waals surface area contributed by atoms with Crippen molar-refractivity contribution < 1.29 is 33.7 Å². The van der Waals surface area contributed by atoms with Crippen LogP contribution < -0.4 is 19.7 Å². The number of methoxy groups -OCH3 is 1. The van der Waals surface area contributed by atoms with Crippen LogP contribution in [0.5, 0.6) is 5.75 Å². The molecule has 11 heteroatoms. The lowest BCUT2D eigenvalue weighted by molar-refractivity contribution is -0.149. The predicted octanol–water partition coefficient (Wildman–Crippen LogP) is 4.81. The van der Waals surface area contributed by atoms with Crippen molar-refractivity contribution in [3.8, 4) is 5.75 Å². The second-order valence-electron chi connectivity index (χ2n) is 13.6. The molecule has 4 atom stereocenters. The number of hydrogen-bond donors (Lipinski definition) is 1. The van der Waals surface area contributed by atoms with Crippen LogP contribution in [0.4, 0.5) is 16.2 Å². The highest BCUT2D eigenvalue weighted by Crippen LogP contribution is 2.60. The number of rotatable bonds is 12. The highest BCUT2D eigenvalue weighted by Gasteiger charge is 2.66. The SMILES string of the molecule is C=CCN1C(=O)[C@@]2(O[C@@H](CC(=O)N(CCO)Cc3ccccc3)[C@H]([Si](C)(C)c3ccc(OC)cc3)[C@H]2C)c2cc(N3CCOC3=O)ccc21. The summed E-state index contributed by atoms with van der Waals surface area (Å²) in [5, 5.41) is 11.1. The van der Waals surface area contributed by atoms with E-state index in [1.54, 1.807) is 27.9 Å². The van der Waals surface area contributed by atoms with Gasteiger partial charge in [0.15, 0.2) is 5.60 Å². The minimum absolute atomic E-state index is 0.0401. The van der Waals surface area contributed by atoms with Gasteiger partial charge in [-0.25, -0.2) is 4.79 Å². The molecule has 0 aliphatic carbocycles. The topological polar surface area (TPSA) is 109 Å². The van der Waals surface area contributed by atoms with E-state index in [1.165, 1.54) is 0 Å². The van der Waals surface area contributed by atoms with Gasteiger partial charge in [-0.2, -0.15) is 0 Å². The molecule has 0 saturated carbocycles. The maximum Gasteiger partial charge on any atom is 0.414 e. The van der Waals surface area contributed by atoms with Crippen LogP contribution in [0.3, 0.4) is 0 Å². The number of anilines is 2. The Morgan fingerprint density at radius 3 is 2.49 bits per heavy atom. The largest absolute Gasteiger partial charge is 0.497 e. The summed E-state index contributed by atoms with van der Waals surface area (Å²) in [5.74, 6) is 0.0585. The van der Waals surface area contributed by atoms with E-state index in [9.17, 15) is 19.5 Å². The first-order chi connectivity index (χ1) is 23.6. The lowest BCUT2D eigenvalue weighted by Crippen LogP contribution is -2.52. The highest BCUT2D eigenvalue weighted by atomic mass is 28.3. The average molecular weight is 684 g/mol. The average Bonchev–Trinajstić information content (AvgIpc) is 3.73. The van der Waals surface area contributed by atoms with Gasteiger partial charge in [-0.3, -0.25) is 14.5 Å². The van der Waals surface area contributed by atoms with E-state index in [4.69, 9.17) is 14.2 Å². The molecule has 3 aliphatic heterocycles. The van der Waals surface area contributed by atoms with Gasteiger partial charge in [0.05, 0.1) is 46.5 Å². The van der Waals surface area contributed by atoms with Crippen molar-refractivity contribution in [3.05, 3.63) is 96.6 Å². The van der Waals surface area contributed by atoms with Crippen LogP contribution in [0.1, 0.15) is 24.5 Å². The van der Waals surface area contributed by atoms with E-state index in [-0.39, 0.29) is 56.0 Å². The molecule has 0 aromatic heterocycles. The molecule has 0 radical (unpaired) electrons. The molecule has 0 unspecified atom stereocenters. The summed E-state index contributed by atoms with van der Waals surface area (Å²) in [4.78, 5) is 46.6. The molecule has 6 rings (SSSR count). The van der Waals surface area contributed by atoms with Crippen LogP contribution >= 0.6 is 0 Å². The van der Waals surface area contributed by atoms with Crippen LogP contribution in [-0.2, 0) is 31.2 Å². The van der Waals surface area contributed by atoms with Crippen molar-refractivity contribution in [3.63, 3.8) is 0 Å². The molecular formula is C38H45N3O7Si. The van der Waals surface area contributed by atoms with E-state index < -0.39 is 25.9 Å². The van der Waals surface area contributed by atoms with Gasteiger partial charge in [-0.1, -0.05) is 73.7 Å². The van der Waals surface area contributed by atoms with E-state index in [0.29, 0.717) is 30.0 Å². The van der Waals surface area contributed by atoms with Crippen molar-refractivity contribution >= 4 is 42.5 Å². The van der Waals surface area contributed by atoms with Gasteiger partial charge in [0.1, 0.15) is 12.4 Å². The Balaban J connectivity index is 1.45. The number of aliphatic hydroxyl groups is 1. The fourth-order valence-electron chi connectivity index (χ4n) is 8.13. The molecule has 10 nitrogen and oxygen atoms in total. The zero-order valence-electron chi connectivity index (χ0n) is 28.6. The monoisotopic (exact) mass is 683 g/mol. The number of fused-ring (bicyclic) bond motifs is 2. The van der Waals surface area contributed by atoms with Crippen molar-refractivity contribution in [2.24, 2.45) is 5.92 Å². The Morgan fingerprint density at radius 1 is 1.12 bits per heavy atom. The Bertz CT molecular complexity index is 1720. The number of hydrogen-bond acceptors (Lipinski definition) is 7. The number of carbonyl (C=O) groups is 3. The number of aliphatic hydroxyl groups excluding tert-OH is 1. The third-order valence-electron chi connectivity index (χ3n) is 10.5. The van der Waals surface area contributed by atoms with Gasteiger partial charge in [-0.05, 0) is 41.4 Å². The lowest BCUT2D eigenvalue weighted by atomic mass is 9.82. The zero-order valence-corrected chi connectivity index (χ0v) is 29.6. The van der Waals surface area contributed by atoms with Crippen LogP contribution in [-0.4, -0.2) is 82.0 Å². The van der Waals surface area contributed by atoms with Crippen molar-refractivity contribution in [2.75, 3.05) is 49.8 Å². The molecular weight excluding hydrogens is 639 g/mol. The highest BCUT2D eigenvalue weighted by molar-refractivity contribution is 6.91. The standard InChI is InChI=1S/C38H45N3O7Si/c1-6-18-41-32-17-12-28(40-20-22-47-37(40)45)23-31(32)38(36(41)44)26(2)35(49(4,5)30-15-13-29(46-3)14-16-30)33(48-38)24-34(43)39(19-21-42)25-27-10-8-7-9-11-27/h6-17,23,26,33,35,42H,1,18-22,24-25H2,2-5H3/t26-,33+,35-,38+/m1/s1. The maximum absolute atomic E-state index is 14.8. The van der Waals surface area contributed by atoms with E-state index >= 15 is 0 Å². The Labute approximate surface area is 288 Å². The molecule has 0 bridgehead atoms. The van der Waals surface area contributed by atoms with Gasteiger partial charge >= 0.3 is 6.09 Å². The number of cyclic esters (lactones) is 1. The third kappa shape index (κ3) is 6.04. The van der Waals surface area contributed by atoms with Gasteiger partial charge < -0.3 is 29.1 Å². The number of amides is 3. The number of benzene rings is 3. The molecule has 2 saturated heterocycles. The van der Waals surface area contributed by atoms with Crippen molar-refractivity contribution in [2.45, 2.75) is 50.2 Å². The fourth-order valence-corrected chi connectivity index (χ4v) is 12.1. The first-order valence-electron chi connectivity index (χ1n) is 16.8. The molecule has 258 valence electrons. The zero-order chi connectivity index (χ0) is 34.9. The number of ether oxygens (including phenoxy) is 3. The summed E-state index contributed by atoms with van der Waals surface area (Å²) in [6, 6.07) is 23.3. The first kappa shape index (κ1) is 34.4. The predicted molar refractivity (Wildman–Crippen MR) is 191 cm³/mol. The lowest BCUT2D eigenvalue weighted by Gasteiger charge is -2.37. The van der Waals surface area contributed by atoms with Crippen LogP contribution in [0.2, 0.25) is 18.6 Å². The quantitative estimate of drug-likeness (QED) is 0.216. The number of carbonyl (C=O) groups excluding carboxylic acids is 3. The third-order valence-corrected chi connectivity index (χ3v) is 14.9. The summed E-state index contributed by atoms with van der Waals surface area (Å²) >= 11 is 0. The minimum atomic E-state index is -2.51. The van der Waals surface area contributed by atoms with E-state index in [2.05, 4.69) is 38.7 Å². The summed E-state index contributed by atoms with van der Waals surface area (Å²) < 4.78 is 17.8. The Morgan fingerprint density at radius 2 is 1.86 bits per heavy atom. The van der Waals surface area contributed by atoms with Crippen LogP contribution in [0.15, 0.2) is 85.5 Å². The smallest absolute Gasteiger partial charge is 0.414 e. The normalized spacial score (nSPS) is 23.2. The van der Waals surface area contributed by atoms with Gasteiger partial charge in [0.25, 0.3) is 5.91 Å². The fraction of sp³-hybridized carbons (Fsp3) is 0.395. The van der Waals surface area contributed by atoms with Crippen molar-refractivity contribution in [1.29, 1.82) is 0 Å². The molecule has 3 aromatic carbocycles. The van der Waals surface area contributed by atoms with Crippen LogP contribution in [0.25, 0.3) is 0 Å². The van der Waals surface area contributed by atoms with Gasteiger partial charge in [0.2, 0.25) is 5.91 Å². The maximum atomic E-state index is 14.8. The first-order valence-corrected chi connectivity index (χ1v) is 19.9. The molecule has 49 heavy (non-hydrogen) atoms. The summed E-state index contributed by atoms with van der Waals surface area (Å²) in [5.41, 5.74) is 1.40. The summed E-state index contributed by atoms with van der Waals surface area (Å²) in [6.45, 7) is 11.8. The molecule has 3 heterocycles.